The molecule has 31 heavy (non-hydrogen) atoms. The summed E-state index contributed by atoms with van der Waals surface area (Å²) in [4.78, 5) is 40.5. The molecule has 2 aliphatic rings. The summed E-state index contributed by atoms with van der Waals surface area (Å²) in [5.74, 6) is -0.651. The van der Waals surface area contributed by atoms with E-state index >= 15 is 0 Å². The molecule has 3 N–H and O–H groups in total. The fourth-order valence-electron chi connectivity index (χ4n) is 4.40. The molecule has 3 atom stereocenters. The number of halogens is 1. The molecule has 8 heteroatoms. The van der Waals surface area contributed by atoms with E-state index in [2.05, 4.69) is 16.0 Å². The summed E-state index contributed by atoms with van der Waals surface area (Å²) in [5, 5.41) is 9.19. The Kier molecular flexibility index (Phi) is 6.42. The Balaban J connectivity index is 1.54. The van der Waals surface area contributed by atoms with Gasteiger partial charge in [-0.1, -0.05) is 48.7 Å². The van der Waals surface area contributed by atoms with Crippen LogP contribution in [0.25, 0.3) is 0 Å². The minimum atomic E-state index is -0.887. The zero-order valence-corrected chi connectivity index (χ0v) is 17.8. The molecule has 0 unspecified atom stereocenters. The summed E-state index contributed by atoms with van der Waals surface area (Å²) < 4.78 is 0. The number of hydrogen-bond donors (Lipinski definition) is 3. The molecular formula is C23H25ClN4O3. The quantitative estimate of drug-likeness (QED) is 0.670. The minimum Gasteiger partial charge on any atom is -0.349 e. The van der Waals surface area contributed by atoms with Gasteiger partial charge in [0, 0.05) is 22.4 Å². The van der Waals surface area contributed by atoms with Gasteiger partial charge in [0.15, 0.2) is 0 Å². The van der Waals surface area contributed by atoms with E-state index in [1.807, 2.05) is 18.2 Å². The molecule has 1 saturated carbocycles. The number of para-hydroxylation sites is 1. The number of benzene rings is 2. The van der Waals surface area contributed by atoms with Gasteiger partial charge in [-0.3, -0.25) is 9.59 Å². The lowest BCUT2D eigenvalue weighted by molar-refractivity contribution is -0.135. The summed E-state index contributed by atoms with van der Waals surface area (Å²) in [7, 11) is 0. The number of piperazine rings is 1. The number of carbonyl (C=O) groups excluding carboxylic acids is 3. The number of hydrogen-bond acceptors (Lipinski definition) is 3. The van der Waals surface area contributed by atoms with Gasteiger partial charge < -0.3 is 20.9 Å². The van der Waals surface area contributed by atoms with E-state index in [1.165, 1.54) is 0 Å². The van der Waals surface area contributed by atoms with Crippen LogP contribution in [0.15, 0.2) is 54.6 Å². The second-order valence-electron chi connectivity index (χ2n) is 7.95. The van der Waals surface area contributed by atoms with Crippen molar-refractivity contribution in [1.29, 1.82) is 0 Å². The van der Waals surface area contributed by atoms with Crippen molar-refractivity contribution in [2.45, 2.75) is 50.2 Å². The summed E-state index contributed by atoms with van der Waals surface area (Å²) in [6, 6.07) is 14.4. The molecule has 0 bridgehead atoms. The van der Waals surface area contributed by atoms with Crippen LogP contribution in [-0.2, 0) is 9.59 Å². The van der Waals surface area contributed by atoms with Crippen molar-refractivity contribution < 1.29 is 14.4 Å². The largest absolute Gasteiger partial charge is 0.349 e. The van der Waals surface area contributed by atoms with Gasteiger partial charge in [0.25, 0.3) is 0 Å². The maximum absolute atomic E-state index is 13.2. The highest BCUT2D eigenvalue weighted by atomic mass is 35.5. The number of rotatable bonds is 4. The van der Waals surface area contributed by atoms with E-state index < -0.39 is 6.04 Å². The zero-order chi connectivity index (χ0) is 21.8. The Morgan fingerprint density at radius 3 is 2.52 bits per heavy atom. The lowest BCUT2D eigenvalue weighted by Gasteiger charge is -2.47. The minimum absolute atomic E-state index is 0.0879. The van der Waals surface area contributed by atoms with Crippen molar-refractivity contribution in [3.63, 3.8) is 0 Å². The highest BCUT2D eigenvalue weighted by Crippen LogP contribution is 2.30. The first-order chi connectivity index (χ1) is 15.0. The third-order valence-corrected chi connectivity index (χ3v) is 6.03. The first-order valence-electron chi connectivity index (χ1n) is 10.5. The van der Waals surface area contributed by atoms with Crippen molar-refractivity contribution in [2.75, 3.05) is 10.6 Å². The van der Waals surface area contributed by atoms with Crippen LogP contribution in [0.3, 0.4) is 0 Å². The van der Waals surface area contributed by atoms with E-state index in [-0.39, 0.29) is 36.3 Å². The van der Waals surface area contributed by atoms with E-state index in [0.29, 0.717) is 16.4 Å². The maximum atomic E-state index is 13.2. The number of nitrogens with zero attached hydrogens (tertiary/aromatic N) is 1. The van der Waals surface area contributed by atoms with Gasteiger partial charge in [0.05, 0.1) is 12.5 Å². The summed E-state index contributed by atoms with van der Waals surface area (Å²) in [5.41, 5.74) is 1.19. The van der Waals surface area contributed by atoms with Gasteiger partial charge >= 0.3 is 6.03 Å². The van der Waals surface area contributed by atoms with Crippen molar-refractivity contribution >= 4 is 40.8 Å². The smallest absolute Gasteiger partial charge is 0.322 e. The first-order valence-corrected chi connectivity index (χ1v) is 10.9. The Bertz CT molecular complexity index is 968. The fraction of sp³-hybridized carbons (Fsp3) is 0.348. The van der Waals surface area contributed by atoms with Crippen LogP contribution in [0.1, 0.15) is 32.1 Å². The Hall–Kier alpha value is -3.06. The van der Waals surface area contributed by atoms with E-state index in [9.17, 15) is 14.4 Å². The molecule has 7 nitrogen and oxygen atoms in total. The molecule has 2 fully saturated rings. The van der Waals surface area contributed by atoms with Crippen molar-refractivity contribution in [3.05, 3.63) is 59.6 Å². The molecule has 1 aliphatic carbocycles. The fourth-order valence-corrected chi connectivity index (χ4v) is 4.59. The number of nitrogens with one attached hydrogen (secondary N) is 3. The van der Waals surface area contributed by atoms with E-state index in [4.69, 9.17) is 11.6 Å². The van der Waals surface area contributed by atoms with Crippen molar-refractivity contribution in [2.24, 2.45) is 0 Å². The van der Waals surface area contributed by atoms with Crippen LogP contribution >= 0.6 is 11.6 Å². The monoisotopic (exact) mass is 440 g/mol. The molecule has 0 spiro atoms. The molecular weight excluding hydrogens is 416 g/mol. The second kappa shape index (κ2) is 9.39. The highest BCUT2D eigenvalue weighted by molar-refractivity contribution is 6.30. The molecule has 0 aromatic heterocycles. The number of carbonyl (C=O) groups is 3. The Morgan fingerprint density at radius 1 is 1.00 bits per heavy atom. The van der Waals surface area contributed by atoms with Crippen LogP contribution in [0, 0.1) is 0 Å². The molecule has 4 rings (SSSR count). The molecule has 2 aromatic carbocycles. The van der Waals surface area contributed by atoms with Gasteiger partial charge in [0.1, 0.15) is 6.04 Å². The van der Waals surface area contributed by atoms with Gasteiger partial charge in [-0.25, -0.2) is 4.79 Å². The van der Waals surface area contributed by atoms with Gasteiger partial charge in [-0.05, 0) is 43.2 Å². The lowest BCUT2D eigenvalue weighted by Crippen LogP contribution is -2.68. The maximum Gasteiger partial charge on any atom is 0.322 e. The number of amides is 4. The second-order valence-corrected chi connectivity index (χ2v) is 8.39. The Labute approximate surface area is 186 Å². The van der Waals surface area contributed by atoms with Crippen LogP contribution in [0.2, 0.25) is 5.02 Å². The molecule has 2 aromatic rings. The summed E-state index contributed by atoms with van der Waals surface area (Å²) >= 11 is 5.98. The number of fused-ring (bicyclic) bond motifs is 1. The average Bonchev–Trinajstić information content (AvgIpc) is 2.75. The van der Waals surface area contributed by atoms with Crippen molar-refractivity contribution in [3.8, 4) is 0 Å². The molecule has 0 radical (unpaired) electrons. The molecule has 162 valence electrons. The van der Waals surface area contributed by atoms with E-state index in [0.717, 1.165) is 25.7 Å². The van der Waals surface area contributed by atoms with E-state index in [1.54, 1.807) is 41.3 Å². The van der Waals surface area contributed by atoms with Crippen molar-refractivity contribution in [1.82, 2.24) is 10.2 Å². The van der Waals surface area contributed by atoms with Gasteiger partial charge in [0.2, 0.25) is 11.8 Å². The predicted molar refractivity (Wildman–Crippen MR) is 120 cm³/mol. The van der Waals surface area contributed by atoms with Crippen LogP contribution < -0.4 is 16.0 Å². The molecule has 4 amide bonds. The van der Waals surface area contributed by atoms with Crippen LogP contribution in [0.5, 0.6) is 0 Å². The van der Waals surface area contributed by atoms with Gasteiger partial charge in [-0.2, -0.15) is 0 Å². The zero-order valence-electron chi connectivity index (χ0n) is 17.0. The number of urea groups is 1. The molecule has 1 aliphatic heterocycles. The lowest BCUT2D eigenvalue weighted by atomic mass is 9.85. The van der Waals surface area contributed by atoms with Crippen LogP contribution in [-0.4, -0.2) is 40.9 Å². The molecule has 1 heterocycles. The third-order valence-electron chi connectivity index (χ3n) is 5.80. The standard InChI is InChI=1S/C23H25ClN4O3/c24-15-7-6-10-17(13-15)25-21(29)14-20-22(30)27-18-11-4-5-12-19(18)28(20)23(31)26-16-8-2-1-3-9-16/h1-3,6-10,13,18-20H,4-5,11-12,14H2,(H,25,29)(H,26,31)(H,27,30)/t18-,19-,20+/m0/s1. The van der Waals surface area contributed by atoms with Crippen LogP contribution in [0.4, 0.5) is 16.2 Å². The normalized spacial score (nSPS) is 22.8. The SMILES string of the molecule is O=C(C[C@@H]1C(=O)N[C@H]2CCCC[C@@H]2N1C(=O)Nc1ccccc1)Nc1cccc(Cl)c1. The molecule has 1 saturated heterocycles. The topological polar surface area (TPSA) is 90.5 Å². The Morgan fingerprint density at radius 2 is 1.74 bits per heavy atom. The third kappa shape index (κ3) is 4.99. The van der Waals surface area contributed by atoms with Gasteiger partial charge in [-0.15, -0.1) is 0 Å². The summed E-state index contributed by atoms with van der Waals surface area (Å²) in [6.07, 6.45) is 3.47. The summed E-state index contributed by atoms with van der Waals surface area (Å²) in [6.45, 7) is 0. The number of anilines is 2. The predicted octanol–water partition coefficient (Wildman–Crippen LogP) is 4.01. The average molecular weight is 441 g/mol. The highest BCUT2D eigenvalue weighted by Gasteiger charge is 2.46. The first kappa shape index (κ1) is 21.2.